The Hall–Kier alpha value is -2.31. The summed E-state index contributed by atoms with van der Waals surface area (Å²) in [4.78, 5) is 30.4. The average Bonchev–Trinajstić information content (AvgIpc) is 2.49. The van der Waals surface area contributed by atoms with Crippen LogP contribution in [0.2, 0.25) is 0 Å². The molecule has 0 aliphatic carbocycles. The van der Waals surface area contributed by atoms with Crippen LogP contribution in [0.25, 0.3) is 0 Å². The lowest BCUT2D eigenvalue weighted by atomic mass is 10.1. The summed E-state index contributed by atoms with van der Waals surface area (Å²) in [6.45, 7) is 2.82. The number of carbonyl (C=O) groups is 2. The summed E-state index contributed by atoms with van der Waals surface area (Å²) in [6.07, 6.45) is 3.20. The second kappa shape index (κ2) is 7.11. The van der Waals surface area contributed by atoms with E-state index in [1.165, 1.54) is 6.92 Å². The van der Waals surface area contributed by atoms with Crippen LogP contribution in [0.1, 0.15) is 19.8 Å². The van der Waals surface area contributed by atoms with E-state index in [0.717, 1.165) is 12.8 Å². The van der Waals surface area contributed by atoms with E-state index in [1.54, 1.807) is 37.3 Å². The Morgan fingerprint density at radius 3 is 2.50 bits per heavy atom. The standard InChI is InChI=1S/C15H22N4O3/c1-11(20)17-12-4-5-14(16-10-12)22-13-6-8-19(9-7-13)15(21)18(2)3/h4-5,10,13H,6-9H2,1-3H3,(H,17,20). The van der Waals surface area contributed by atoms with Gasteiger partial charge in [0.2, 0.25) is 11.8 Å². The first-order valence-corrected chi connectivity index (χ1v) is 7.32. The highest BCUT2D eigenvalue weighted by atomic mass is 16.5. The van der Waals surface area contributed by atoms with Crippen LogP contribution in [-0.2, 0) is 4.79 Å². The van der Waals surface area contributed by atoms with Gasteiger partial charge in [0.05, 0.1) is 11.9 Å². The van der Waals surface area contributed by atoms with Gasteiger partial charge in [0.15, 0.2) is 0 Å². The van der Waals surface area contributed by atoms with Gasteiger partial charge in [-0.15, -0.1) is 0 Å². The minimum absolute atomic E-state index is 0.0382. The third-order valence-electron chi connectivity index (χ3n) is 3.44. The van der Waals surface area contributed by atoms with E-state index < -0.39 is 0 Å². The van der Waals surface area contributed by atoms with E-state index in [2.05, 4.69) is 10.3 Å². The Morgan fingerprint density at radius 2 is 2.00 bits per heavy atom. The third kappa shape index (κ3) is 4.34. The Morgan fingerprint density at radius 1 is 1.32 bits per heavy atom. The number of aromatic nitrogens is 1. The van der Waals surface area contributed by atoms with Crippen molar-refractivity contribution < 1.29 is 14.3 Å². The fourth-order valence-corrected chi connectivity index (χ4v) is 2.35. The van der Waals surface area contributed by atoms with Crippen LogP contribution in [0.4, 0.5) is 10.5 Å². The molecule has 0 radical (unpaired) electrons. The molecule has 0 atom stereocenters. The van der Waals surface area contributed by atoms with Crippen molar-refractivity contribution in [3.63, 3.8) is 0 Å². The number of amides is 3. The van der Waals surface area contributed by atoms with E-state index in [1.807, 2.05) is 4.90 Å². The quantitative estimate of drug-likeness (QED) is 0.919. The molecule has 1 aromatic rings. The number of ether oxygens (including phenoxy) is 1. The van der Waals surface area contributed by atoms with Gasteiger partial charge in [-0.2, -0.15) is 0 Å². The molecule has 7 heteroatoms. The van der Waals surface area contributed by atoms with Gasteiger partial charge in [0.1, 0.15) is 6.10 Å². The molecule has 1 saturated heterocycles. The van der Waals surface area contributed by atoms with Crippen molar-refractivity contribution in [2.24, 2.45) is 0 Å². The van der Waals surface area contributed by atoms with E-state index in [4.69, 9.17) is 4.74 Å². The molecule has 1 N–H and O–H groups in total. The van der Waals surface area contributed by atoms with Crippen LogP contribution in [0, 0.1) is 0 Å². The molecule has 3 amide bonds. The van der Waals surface area contributed by atoms with E-state index in [-0.39, 0.29) is 18.0 Å². The van der Waals surface area contributed by atoms with Gasteiger partial charge in [-0.1, -0.05) is 0 Å². The Bertz CT molecular complexity index is 522. The molecule has 22 heavy (non-hydrogen) atoms. The van der Waals surface area contributed by atoms with Crippen LogP contribution in [0.3, 0.4) is 0 Å². The van der Waals surface area contributed by atoms with Crippen LogP contribution in [0.15, 0.2) is 18.3 Å². The van der Waals surface area contributed by atoms with Crippen molar-refractivity contribution >= 4 is 17.6 Å². The van der Waals surface area contributed by atoms with Gasteiger partial charge in [0.25, 0.3) is 0 Å². The molecule has 1 fully saturated rings. The minimum atomic E-state index is -0.131. The molecule has 1 aliphatic rings. The second-order valence-electron chi connectivity index (χ2n) is 5.55. The van der Waals surface area contributed by atoms with Crippen molar-refractivity contribution in [3.05, 3.63) is 18.3 Å². The highest BCUT2D eigenvalue weighted by molar-refractivity contribution is 5.88. The number of anilines is 1. The number of hydrogen-bond donors (Lipinski definition) is 1. The van der Waals surface area contributed by atoms with Crippen molar-refractivity contribution in [1.82, 2.24) is 14.8 Å². The first kappa shape index (κ1) is 16.1. The molecule has 0 unspecified atom stereocenters. The van der Waals surface area contributed by atoms with Crippen molar-refractivity contribution in [3.8, 4) is 5.88 Å². The van der Waals surface area contributed by atoms with Gasteiger partial charge < -0.3 is 19.9 Å². The number of piperidine rings is 1. The number of likely N-dealkylation sites (tertiary alicyclic amines) is 1. The number of rotatable bonds is 3. The molecule has 1 aliphatic heterocycles. The third-order valence-corrected chi connectivity index (χ3v) is 3.44. The number of carbonyl (C=O) groups excluding carboxylic acids is 2. The normalized spacial score (nSPS) is 15.3. The SMILES string of the molecule is CC(=O)Nc1ccc(OC2CCN(C(=O)N(C)C)CC2)nc1. The van der Waals surface area contributed by atoms with Crippen molar-refractivity contribution in [1.29, 1.82) is 0 Å². The lowest BCUT2D eigenvalue weighted by Gasteiger charge is -2.33. The van der Waals surface area contributed by atoms with Gasteiger partial charge in [-0.05, 0) is 6.07 Å². The zero-order chi connectivity index (χ0) is 16.1. The molecule has 0 spiro atoms. The molecule has 0 saturated carbocycles. The van der Waals surface area contributed by atoms with E-state index in [9.17, 15) is 9.59 Å². The number of nitrogens with zero attached hydrogens (tertiary/aromatic N) is 3. The summed E-state index contributed by atoms with van der Waals surface area (Å²) in [7, 11) is 3.51. The van der Waals surface area contributed by atoms with Crippen molar-refractivity contribution in [2.75, 3.05) is 32.5 Å². The van der Waals surface area contributed by atoms with Crippen LogP contribution in [0.5, 0.6) is 5.88 Å². The highest BCUT2D eigenvalue weighted by Gasteiger charge is 2.24. The number of nitrogens with one attached hydrogen (secondary N) is 1. The second-order valence-corrected chi connectivity index (χ2v) is 5.55. The average molecular weight is 306 g/mol. The maximum absolute atomic E-state index is 11.9. The zero-order valence-corrected chi connectivity index (χ0v) is 13.2. The maximum atomic E-state index is 11.9. The predicted molar refractivity (Wildman–Crippen MR) is 82.8 cm³/mol. The lowest BCUT2D eigenvalue weighted by molar-refractivity contribution is -0.114. The summed E-state index contributed by atoms with van der Waals surface area (Å²) in [6, 6.07) is 3.54. The smallest absolute Gasteiger partial charge is 0.319 e. The lowest BCUT2D eigenvalue weighted by Crippen LogP contribution is -2.46. The summed E-state index contributed by atoms with van der Waals surface area (Å²) in [5.41, 5.74) is 0.645. The summed E-state index contributed by atoms with van der Waals surface area (Å²) in [5, 5.41) is 2.66. The molecule has 2 heterocycles. The number of urea groups is 1. The predicted octanol–water partition coefficient (Wildman–Crippen LogP) is 1.56. The number of pyridine rings is 1. The Labute approximate surface area is 130 Å². The van der Waals surface area contributed by atoms with Gasteiger partial charge in [0, 0.05) is 53.0 Å². The summed E-state index contributed by atoms with van der Waals surface area (Å²) in [5.74, 6) is 0.403. The van der Waals surface area contributed by atoms with Gasteiger partial charge in [-0.3, -0.25) is 4.79 Å². The molecule has 0 bridgehead atoms. The summed E-state index contributed by atoms with van der Waals surface area (Å²) >= 11 is 0. The first-order valence-electron chi connectivity index (χ1n) is 7.32. The largest absolute Gasteiger partial charge is 0.474 e. The van der Waals surface area contributed by atoms with Crippen LogP contribution >= 0.6 is 0 Å². The highest BCUT2D eigenvalue weighted by Crippen LogP contribution is 2.19. The van der Waals surface area contributed by atoms with E-state index >= 15 is 0 Å². The Balaban J connectivity index is 1.83. The Kier molecular flexibility index (Phi) is 5.19. The monoisotopic (exact) mass is 306 g/mol. The first-order chi connectivity index (χ1) is 10.5. The zero-order valence-electron chi connectivity index (χ0n) is 13.2. The molecular weight excluding hydrogens is 284 g/mol. The molecular formula is C15H22N4O3. The van der Waals surface area contributed by atoms with Gasteiger partial charge >= 0.3 is 6.03 Å². The summed E-state index contributed by atoms with van der Waals surface area (Å²) < 4.78 is 5.83. The molecule has 7 nitrogen and oxygen atoms in total. The van der Waals surface area contributed by atoms with Crippen LogP contribution < -0.4 is 10.1 Å². The number of hydrogen-bond acceptors (Lipinski definition) is 4. The fourth-order valence-electron chi connectivity index (χ4n) is 2.35. The molecule has 120 valence electrons. The molecule has 0 aromatic carbocycles. The fraction of sp³-hybridized carbons (Fsp3) is 0.533. The minimum Gasteiger partial charge on any atom is -0.474 e. The van der Waals surface area contributed by atoms with Gasteiger partial charge in [-0.25, -0.2) is 9.78 Å². The van der Waals surface area contributed by atoms with E-state index in [0.29, 0.717) is 24.7 Å². The van der Waals surface area contributed by atoms with Crippen LogP contribution in [-0.4, -0.2) is 60.0 Å². The topological polar surface area (TPSA) is 74.8 Å². The molecule has 1 aromatic heterocycles. The maximum Gasteiger partial charge on any atom is 0.319 e. The van der Waals surface area contributed by atoms with Crippen molar-refractivity contribution in [2.45, 2.75) is 25.9 Å². The molecule has 2 rings (SSSR count).